The second-order valence-corrected chi connectivity index (χ2v) is 9.94. The molecular weight excluding hydrogens is 416 g/mol. The highest BCUT2D eigenvalue weighted by Crippen LogP contribution is 2.40. The van der Waals surface area contributed by atoms with Crippen LogP contribution in [0.4, 0.5) is 16.4 Å². The maximum Gasteiger partial charge on any atom is 0.410 e. The number of rotatable bonds is 3. The maximum atomic E-state index is 12.8. The fourth-order valence-electron chi connectivity index (χ4n) is 5.07. The number of hydrogen-bond donors (Lipinski definition) is 2. The zero-order valence-electron chi connectivity index (χ0n) is 19.3. The maximum absolute atomic E-state index is 12.8. The van der Waals surface area contributed by atoms with Gasteiger partial charge in [0.2, 0.25) is 5.95 Å². The molecule has 0 radical (unpaired) electrons. The van der Waals surface area contributed by atoms with Gasteiger partial charge in [0.1, 0.15) is 5.60 Å². The van der Waals surface area contributed by atoms with Crippen molar-refractivity contribution in [3.63, 3.8) is 0 Å². The summed E-state index contributed by atoms with van der Waals surface area (Å²) in [5, 5.41) is 4.51. The number of hydrogen-bond acceptors (Lipinski definition) is 5. The number of fused-ring (bicyclic) bond motifs is 3. The van der Waals surface area contributed by atoms with Gasteiger partial charge < -0.3 is 19.9 Å². The van der Waals surface area contributed by atoms with E-state index in [0.717, 1.165) is 47.0 Å². The molecule has 2 aliphatic heterocycles. The van der Waals surface area contributed by atoms with Crippen molar-refractivity contribution in [2.45, 2.75) is 70.7 Å². The Morgan fingerprint density at radius 3 is 2.91 bits per heavy atom. The number of carbonyl (C=O) groups excluding carboxylic acids is 1. The third-order valence-electron chi connectivity index (χ3n) is 6.48. The molecule has 0 saturated carbocycles. The molecule has 2 aromatic heterocycles. The average molecular weight is 445 g/mol. The fraction of sp³-hybridized carbons (Fsp3) is 0.440. The Morgan fingerprint density at radius 1 is 1.33 bits per heavy atom. The Bertz CT molecular complexity index is 1270. The first-order valence-electron chi connectivity index (χ1n) is 11.3. The Morgan fingerprint density at radius 2 is 2.15 bits per heavy atom. The van der Waals surface area contributed by atoms with E-state index >= 15 is 0 Å². The lowest BCUT2D eigenvalue weighted by atomic mass is 9.96. The molecule has 3 atom stereocenters. The summed E-state index contributed by atoms with van der Waals surface area (Å²) in [6.07, 6.45) is 6.34. The van der Waals surface area contributed by atoms with Crippen LogP contribution in [0.3, 0.4) is 0 Å². The third kappa shape index (κ3) is 3.88. The summed E-state index contributed by atoms with van der Waals surface area (Å²) >= 11 is 0. The first-order chi connectivity index (χ1) is 15.7. The van der Waals surface area contributed by atoms with Crippen LogP contribution in [0.5, 0.6) is 0 Å². The van der Waals surface area contributed by atoms with E-state index in [4.69, 9.17) is 16.3 Å². The lowest BCUT2D eigenvalue weighted by Gasteiger charge is -2.28. The molecule has 0 spiro atoms. The number of benzene rings is 1. The van der Waals surface area contributed by atoms with Crippen molar-refractivity contribution in [1.29, 1.82) is 0 Å². The second kappa shape index (κ2) is 7.77. The van der Waals surface area contributed by atoms with Crippen LogP contribution < -0.4 is 5.32 Å². The molecule has 2 N–H and O–H groups in total. The van der Waals surface area contributed by atoms with Crippen molar-refractivity contribution in [3.8, 4) is 11.3 Å². The summed E-state index contributed by atoms with van der Waals surface area (Å²) in [6.45, 7) is 14.9. The topological polar surface area (TPSA) is 87.5 Å². The van der Waals surface area contributed by atoms with Crippen molar-refractivity contribution in [1.82, 2.24) is 19.9 Å². The second-order valence-electron chi connectivity index (χ2n) is 9.94. The number of amides is 1. The SMILES string of the molecule is [C-]#[N+]c1ccc2c(-c3nc(NC4C[C@@H]5CC[C@H]4N5C(=O)OC(C)(C)C)ncc3C)c[nH]c2c1. The molecule has 8 nitrogen and oxygen atoms in total. The molecule has 2 aliphatic rings. The minimum absolute atomic E-state index is 0.0818. The Kier molecular flexibility index (Phi) is 5.00. The standard InChI is InChI=1S/C25H28N6O2/c1-14-12-28-23(30-22(14)18-13-27-19-10-15(26-5)6-8-17(18)19)29-20-11-16-7-9-21(20)31(16)24(32)33-25(2,3)4/h6,8,10,12-13,16,20-21,27H,7,9,11H2,1-4H3,(H,28,29,30)/t16-,20?,21+/m0/s1. The van der Waals surface area contributed by atoms with Gasteiger partial charge in [-0.3, -0.25) is 0 Å². The van der Waals surface area contributed by atoms with E-state index in [1.165, 1.54) is 0 Å². The lowest BCUT2D eigenvalue weighted by Crippen LogP contribution is -2.42. The summed E-state index contributed by atoms with van der Waals surface area (Å²) in [4.78, 5) is 30.8. The molecule has 4 heterocycles. The molecule has 8 heteroatoms. The zero-order chi connectivity index (χ0) is 23.3. The summed E-state index contributed by atoms with van der Waals surface area (Å²) in [5.74, 6) is 0.560. The summed E-state index contributed by atoms with van der Waals surface area (Å²) in [5.41, 5.74) is 3.80. The predicted molar refractivity (Wildman–Crippen MR) is 127 cm³/mol. The number of nitrogens with one attached hydrogen (secondary N) is 2. The molecule has 170 valence electrons. The summed E-state index contributed by atoms with van der Waals surface area (Å²) in [7, 11) is 0. The van der Waals surface area contributed by atoms with Crippen LogP contribution in [0.25, 0.3) is 27.0 Å². The highest BCUT2D eigenvalue weighted by Gasteiger charge is 2.50. The highest BCUT2D eigenvalue weighted by atomic mass is 16.6. The van der Waals surface area contributed by atoms with E-state index < -0.39 is 5.60 Å². The molecule has 1 amide bonds. The van der Waals surface area contributed by atoms with Gasteiger partial charge in [0.25, 0.3) is 0 Å². The van der Waals surface area contributed by atoms with E-state index in [1.54, 1.807) is 0 Å². The number of aromatic nitrogens is 3. The minimum atomic E-state index is -0.508. The van der Waals surface area contributed by atoms with Crippen molar-refractivity contribution >= 4 is 28.6 Å². The number of ether oxygens (including phenoxy) is 1. The largest absolute Gasteiger partial charge is 0.444 e. The van der Waals surface area contributed by atoms with Gasteiger partial charge in [-0.2, -0.15) is 0 Å². The van der Waals surface area contributed by atoms with Gasteiger partial charge in [-0.15, -0.1) is 0 Å². The minimum Gasteiger partial charge on any atom is -0.444 e. The van der Waals surface area contributed by atoms with E-state index in [0.29, 0.717) is 11.6 Å². The fourth-order valence-corrected chi connectivity index (χ4v) is 5.07. The van der Waals surface area contributed by atoms with Crippen LogP contribution in [0.1, 0.15) is 45.6 Å². The number of carbonyl (C=O) groups is 1. The van der Waals surface area contributed by atoms with Crippen molar-refractivity contribution in [3.05, 3.63) is 47.6 Å². The molecule has 3 aromatic rings. The third-order valence-corrected chi connectivity index (χ3v) is 6.48. The van der Waals surface area contributed by atoms with Crippen molar-refractivity contribution in [2.24, 2.45) is 0 Å². The number of nitrogens with zero attached hydrogens (tertiary/aromatic N) is 4. The monoisotopic (exact) mass is 444 g/mol. The molecule has 5 rings (SSSR count). The van der Waals surface area contributed by atoms with Gasteiger partial charge in [-0.05, 0) is 58.6 Å². The summed E-state index contributed by atoms with van der Waals surface area (Å²) < 4.78 is 5.65. The Balaban J connectivity index is 1.39. The van der Waals surface area contributed by atoms with E-state index in [-0.39, 0.29) is 24.2 Å². The van der Waals surface area contributed by atoms with Crippen LogP contribution in [0, 0.1) is 13.5 Å². The van der Waals surface area contributed by atoms with Gasteiger partial charge in [-0.1, -0.05) is 12.1 Å². The smallest absolute Gasteiger partial charge is 0.410 e. The van der Waals surface area contributed by atoms with Crippen LogP contribution >= 0.6 is 0 Å². The number of anilines is 1. The molecular formula is C25H28N6O2. The van der Waals surface area contributed by atoms with Crippen molar-refractivity contribution in [2.75, 3.05) is 5.32 Å². The summed E-state index contributed by atoms with van der Waals surface area (Å²) in [6, 6.07) is 6.00. The molecule has 1 aromatic carbocycles. The molecule has 2 saturated heterocycles. The van der Waals surface area contributed by atoms with Crippen LogP contribution in [0.2, 0.25) is 0 Å². The average Bonchev–Trinajstić information content (AvgIpc) is 3.46. The van der Waals surface area contributed by atoms with Crippen molar-refractivity contribution < 1.29 is 9.53 Å². The number of H-pyrrole nitrogens is 1. The normalized spacial score (nSPS) is 21.9. The molecule has 0 aliphatic carbocycles. The molecule has 1 unspecified atom stereocenters. The van der Waals surface area contributed by atoms with Crippen LogP contribution in [0.15, 0.2) is 30.6 Å². The lowest BCUT2D eigenvalue weighted by molar-refractivity contribution is 0.0214. The highest BCUT2D eigenvalue weighted by molar-refractivity contribution is 5.96. The van der Waals surface area contributed by atoms with Gasteiger partial charge in [-0.25, -0.2) is 19.6 Å². The quantitative estimate of drug-likeness (QED) is 0.526. The van der Waals surface area contributed by atoms with E-state index in [1.807, 2.05) is 63.2 Å². The van der Waals surface area contributed by atoms with Gasteiger partial charge in [0.15, 0.2) is 5.69 Å². The van der Waals surface area contributed by atoms with Gasteiger partial charge in [0.05, 0.1) is 24.3 Å². The number of aromatic amines is 1. The van der Waals surface area contributed by atoms with Gasteiger partial charge >= 0.3 is 6.09 Å². The molecule has 2 fully saturated rings. The van der Waals surface area contributed by atoms with E-state index in [9.17, 15) is 4.79 Å². The van der Waals surface area contributed by atoms with Crippen LogP contribution in [-0.2, 0) is 4.74 Å². The van der Waals surface area contributed by atoms with Crippen LogP contribution in [-0.4, -0.2) is 49.7 Å². The molecule has 33 heavy (non-hydrogen) atoms. The predicted octanol–water partition coefficient (Wildman–Crippen LogP) is 5.44. The number of aryl methyl sites for hydroxylation is 1. The first kappa shape index (κ1) is 21.3. The molecule has 2 bridgehead atoms. The van der Waals surface area contributed by atoms with E-state index in [2.05, 4.69) is 20.1 Å². The van der Waals surface area contributed by atoms with Gasteiger partial charge in [0, 0.05) is 34.9 Å². The first-order valence-corrected chi connectivity index (χ1v) is 11.3. The Hall–Kier alpha value is -3.60. The zero-order valence-corrected chi connectivity index (χ0v) is 19.3. The Labute approximate surface area is 193 Å².